The SMILES string of the molecule is C1CN(N2CCOCC2)CN1. The predicted molar refractivity (Wildman–Crippen MR) is 42.0 cm³/mol. The summed E-state index contributed by atoms with van der Waals surface area (Å²) in [5.41, 5.74) is 0. The predicted octanol–water partition coefficient (Wildman–Crippen LogP) is -0.904. The molecule has 0 amide bonds. The zero-order valence-corrected chi connectivity index (χ0v) is 6.75. The average Bonchev–Trinajstić information content (AvgIpc) is 2.58. The lowest BCUT2D eigenvalue weighted by atomic mass is 10.5. The van der Waals surface area contributed by atoms with E-state index in [2.05, 4.69) is 15.3 Å². The van der Waals surface area contributed by atoms with Gasteiger partial charge in [0.1, 0.15) is 0 Å². The molecule has 4 nitrogen and oxygen atoms in total. The first-order valence-corrected chi connectivity index (χ1v) is 4.25. The number of nitrogens with zero attached hydrogens (tertiary/aromatic N) is 2. The number of rotatable bonds is 1. The van der Waals surface area contributed by atoms with Gasteiger partial charge in [-0.05, 0) is 0 Å². The minimum atomic E-state index is 0.885. The molecule has 0 aliphatic carbocycles. The third-order valence-corrected chi connectivity index (χ3v) is 2.23. The van der Waals surface area contributed by atoms with E-state index in [0.29, 0.717) is 0 Å². The topological polar surface area (TPSA) is 27.7 Å². The molecule has 2 saturated heterocycles. The molecule has 0 atom stereocenters. The maximum Gasteiger partial charge on any atom is 0.0624 e. The number of hydrazine groups is 1. The fraction of sp³-hybridized carbons (Fsp3) is 1.00. The molecule has 2 heterocycles. The van der Waals surface area contributed by atoms with Gasteiger partial charge in [-0.25, -0.2) is 10.0 Å². The molecule has 0 saturated carbocycles. The lowest BCUT2D eigenvalue weighted by Gasteiger charge is -2.33. The van der Waals surface area contributed by atoms with Crippen molar-refractivity contribution in [3.05, 3.63) is 0 Å². The van der Waals surface area contributed by atoms with E-state index in [1.807, 2.05) is 0 Å². The highest BCUT2D eigenvalue weighted by Crippen LogP contribution is 2.03. The Morgan fingerprint density at radius 1 is 1.00 bits per heavy atom. The summed E-state index contributed by atoms with van der Waals surface area (Å²) in [5.74, 6) is 0. The monoisotopic (exact) mass is 157 g/mol. The van der Waals surface area contributed by atoms with Crippen molar-refractivity contribution in [2.24, 2.45) is 0 Å². The summed E-state index contributed by atoms with van der Waals surface area (Å²) < 4.78 is 5.27. The maximum absolute atomic E-state index is 5.27. The van der Waals surface area contributed by atoms with Gasteiger partial charge in [-0.15, -0.1) is 0 Å². The number of ether oxygens (including phenoxy) is 1. The summed E-state index contributed by atoms with van der Waals surface area (Å²) in [5, 5.41) is 8.06. The van der Waals surface area contributed by atoms with Crippen LogP contribution in [0.1, 0.15) is 0 Å². The molecule has 2 fully saturated rings. The number of morpholine rings is 1. The molecule has 0 aromatic heterocycles. The standard InChI is InChI=1S/C7H15N3O/c1-2-10(7-8-1)9-3-5-11-6-4-9/h8H,1-7H2. The molecule has 0 radical (unpaired) electrons. The Labute approximate surface area is 67.1 Å². The van der Waals surface area contributed by atoms with E-state index in [9.17, 15) is 0 Å². The Morgan fingerprint density at radius 2 is 1.82 bits per heavy atom. The van der Waals surface area contributed by atoms with E-state index < -0.39 is 0 Å². The second-order valence-corrected chi connectivity index (χ2v) is 2.95. The van der Waals surface area contributed by atoms with Gasteiger partial charge in [0, 0.05) is 26.2 Å². The minimum absolute atomic E-state index is 0.885. The van der Waals surface area contributed by atoms with E-state index in [1.165, 1.54) is 0 Å². The second kappa shape index (κ2) is 3.49. The molecule has 0 spiro atoms. The van der Waals surface area contributed by atoms with E-state index in [1.54, 1.807) is 0 Å². The van der Waals surface area contributed by atoms with E-state index in [-0.39, 0.29) is 0 Å². The van der Waals surface area contributed by atoms with Crippen molar-refractivity contribution in [2.75, 3.05) is 46.1 Å². The number of nitrogens with one attached hydrogen (secondary N) is 1. The highest BCUT2D eigenvalue weighted by Gasteiger charge is 2.20. The van der Waals surface area contributed by atoms with Crippen molar-refractivity contribution in [1.82, 2.24) is 15.3 Å². The van der Waals surface area contributed by atoms with Crippen LogP contribution >= 0.6 is 0 Å². The highest BCUT2D eigenvalue weighted by molar-refractivity contribution is 4.67. The molecule has 0 unspecified atom stereocenters. The quantitative estimate of drug-likeness (QED) is 0.533. The molecule has 64 valence electrons. The Hall–Kier alpha value is -0.160. The van der Waals surface area contributed by atoms with Crippen LogP contribution in [0.3, 0.4) is 0 Å². The summed E-state index contributed by atoms with van der Waals surface area (Å²) in [6.07, 6.45) is 0. The Balaban J connectivity index is 1.82. The average molecular weight is 157 g/mol. The van der Waals surface area contributed by atoms with Gasteiger partial charge in [0.25, 0.3) is 0 Å². The summed E-state index contributed by atoms with van der Waals surface area (Å²) in [6, 6.07) is 0. The van der Waals surface area contributed by atoms with Crippen molar-refractivity contribution in [3.63, 3.8) is 0 Å². The number of hydrogen-bond acceptors (Lipinski definition) is 4. The van der Waals surface area contributed by atoms with Crippen molar-refractivity contribution in [3.8, 4) is 0 Å². The van der Waals surface area contributed by atoms with Gasteiger partial charge in [-0.1, -0.05) is 0 Å². The molecule has 2 aliphatic rings. The molecule has 2 rings (SSSR count). The summed E-state index contributed by atoms with van der Waals surface area (Å²) in [6.45, 7) is 7.17. The number of hydrogen-bond donors (Lipinski definition) is 1. The zero-order chi connectivity index (χ0) is 7.52. The Morgan fingerprint density at radius 3 is 2.45 bits per heavy atom. The fourth-order valence-corrected chi connectivity index (χ4v) is 1.57. The van der Waals surface area contributed by atoms with Gasteiger partial charge in [-0.3, -0.25) is 0 Å². The molecule has 1 N–H and O–H groups in total. The smallest absolute Gasteiger partial charge is 0.0624 e. The lowest BCUT2D eigenvalue weighted by Crippen LogP contribution is -2.48. The van der Waals surface area contributed by atoms with Crippen LogP contribution in [0.25, 0.3) is 0 Å². The summed E-state index contributed by atoms with van der Waals surface area (Å²) in [4.78, 5) is 0. The first-order chi connectivity index (χ1) is 5.47. The van der Waals surface area contributed by atoms with Gasteiger partial charge in [-0.2, -0.15) is 0 Å². The van der Waals surface area contributed by atoms with Crippen LogP contribution in [0.5, 0.6) is 0 Å². The highest BCUT2D eigenvalue weighted by atomic mass is 16.5. The normalized spacial score (nSPS) is 29.5. The maximum atomic E-state index is 5.27. The van der Waals surface area contributed by atoms with Gasteiger partial charge in [0.05, 0.1) is 19.9 Å². The van der Waals surface area contributed by atoms with Crippen molar-refractivity contribution < 1.29 is 4.74 Å². The molecule has 2 aliphatic heterocycles. The molecule has 0 bridgehead atoms. The third-order valence-electron chi connectivity index (χ3n) is 2.23. The van der Waals surface area contributed by atoms with Crippen LogP contribution in [-0.4, -0.2) is 56.1 Å². The molecular formula is C7H15N3O. The van der Waals surface area contributed by atoms with Crippen molar-refractivity contribution in [1.29, 1.82) is 0 Å². The molecule has 4 heteroatoms. The second-order valence-electron chi connectivity index (χ2n) is 2.95. The first kappa shape index (κ1) is 7.49. The van der Waals surface area contributed by atoms with E-state index in [0.717, 1.165) is 46.1 Å². The van der Waals surface area contributed by atoms with Crippen LogP contribution in [0.2, 0.25) is 0 Å². The van der Waals surface area contributed by atoms with Crippen LogP contribution in [0.4, 0.5) is 0 Å². The van der Waals surface area contributed by atoms with Crippen molar-refractivity contribution in [2.45, 2.75) is 0 Å². The third kappa shape index (κ3) is 1.70. The lowest BCUT2D eigenvalue weighted by molar-refractivity contribution is -0.0778. The largest absolute Gasteiger partial charge is 0.379 e. The van der Waals surface area contributed by atoms with Crippen molar-refractivity contribution >= 4 is 0 Å². The Bertz CT molecular complexity index is 119. The Kier molecular flexibility index (Phi) is 2.38. The molecule has 11 heavy (non-hydrogen) atoms. The van der Waals surface area contributed by atoms with Gasteiger partial charge >= 0.3 is 0 Å². The van der Waals surface area contributed by atoms with Crippen LogP contribution < -0.4 is 5.32 Å². The molecule has 0 aromatic carbocycles. The summed E-state index contributed by atoms with van der Waals surface area (Å²) in [7, 11) is 0. The van der Waals surface area contributed by atoms with E-state index in [4.69, 9.17) is 4.74 Å². The molecule has 0 aromatic rings. The van der Waals surface area contributed by atoms with Gasteiger partial charge < -0.3 is 10.1 Å². The van der Waals surface area contributed by atoms with Crippen LogP contribution in [0, 0.1) is 0 Å². The minimum Gasteiger partial charge on any atom is -0.379 e. The van der Waals surface area contributed by atoms with Crippen LogP contribution in [0.15, 0.2) is 0 Å². The zero-order valence-electron chi connectivity index (χ0n) is 6.75. The van der Waals surface area contributed by atoms with Crippen LogP contribution in [-0.2, 0) is 4.74 Å². The summed E-state index contributed by atoms with van der Waals surface area (Å²) >= 11 is 0. The van der Waals surface area contributed by atoms with Gasteiger partial charge in [0.15, 0.2) is 0 Å². The molecular weight excluding hydrogens is 142 g/mol. The fourth-order valence-electron chi connectivity index (χ4n) is 1.57. The van der Waals surface area contributed by atoms with Gasteiger partial charge in [0.2, 0.25) is 0 Å². The first-order valence-electron chi connectivity index (χ1n) is 4.25. The van der Waals surface area contributed by atoms with E-state index >= 15 is 0 Å².